The number of nitrogens with one attached hydrogen (secondary N) is 1. The van der Waals surface area contributed by atoms with E-state index in [-0.39, 0.29) is 5.56 Å². The minimum Gasteiger partial charge on any atom is -0.306 e. The zero-order valence-electron chi connectivity index (χ0n) is 12.1. The summed E-state index contributed by atoms with van der Waals surface area (Å²) < 4.78 is 1.79. The summed E-state index contributed by atoms with van der Waals surface area (Å²) in [5.41, 5.74) is 1.82. The van der Waals surface area contributed by atoms with Crippen LogP contribution >= 0.6 is 0 Å². The first kappa shape index (κ1) is 12.6. The zero-order valence-corrected chi connectivity index (χ0v) is 12.1. The predicted molar refractivity (Wildman–Crippen MR) is 83.4 cm³/mol. The van der Waals surface area contributed by atoms with Gasteiger partial charge in [0.25, 0.3) is 5.56 Å². The van der Waals surface area contributed by atoms with E-state index in [0.29, 0.717) is 0 Å². The van der Waals surface area contributed by atoms with Gasteiger partial charge in [0.1, 0.15) is 5.65 Å². The van der Waals surface area contributed by atoms with Crippen LogP contribution in [0.15, 0.2) is 29.1 Å². The van der Waals surface area contributed by atoms with Gasteiger partial charge in [-0.25, -0.2) is 0 Å². The summed E-state index contributed by atoms with van der Waals surface area (Å²) in [7, 11) is 1.89. The van der Waals surface area contributed by atoms with Crippen molar-refractivity contribution in [2.75, 3.05) is 13.1 Å². The van der Waals surface area contributed by atoms with Crippen molar-refractivity contribution in [2.45, 2.75) is 19.4 Å². The lowest BCUT2D eigenvalue weighted by atomic mass is 10.1. The first-order valence-corrected chi connectivity index (χ1v) is 7.43. The van der Waals surface area contributed by atoms with Crippen LogP contribution in [0.4, 0.5) is 0 Å². The Hall–Kier alpha value is -2.14. The predicted octanol–water partition coefficient (Wildman–Crippen LogP) is 2.01. The van der Waals surface area contributed by atoms with Crippen LogP contribution in [0.2, 0.25) is 0 Å². The number of hydrogen-bond acceptors (Lipinski definition) is 3. The quantitative estimate of drug-likeness (QED) is 0.782. The van der Waals surface area contributed by atoms with Crippen molar-refractivity contribution in [3.8, 4) is 0 Å². The summed E-state index contributed by atoms with van der Waals surface area (Å²) in [5.74, 6) is 0. The molecule has 0 amide bonds. The standard InChI is InChI=1S/C16H18N4O/c1-19-15-14(13(18-19)10-20-8-4-5-9-20)11-6-2-3-7-12(11)16(21)17-15/h2-3,6-7H,4-5,8-10H2,1H3,(H,17,21). The Kier molecular flexibility index (Phi) is 2.82. The molecule has 1 aromatic carbocycles. The third-order valence-electron chi connectivity index (χ3n) is 4.36. The van der Waals surface area contributed by atoms with E-state index in [1.165, 1.54) is 12.8 Å². The maximum Gasteiger partial charge on any atom is 0.257 e. The molecule has 3 heterocycles. The van der Waals surface area contributed by atoms with E-state index in [1.54, 1.807) is 4.68 Å². The third kappa shape index (κ3) is 1.96. The van der Waals surface area contributed by atoms with Crippen molar-refractivity contribution in [1.29, 1.82) is 0 Å². The molecule has 1 aliphatic heterocycles. The number of likely N-dealkylation sites (tertiary alicyclic amines) is 1. The maximum atomic E-state index is 12.2. The van der Waals surface area contributed by atoms with Crippen LogP contribution in [0.3, 0.4) is 0 Å². The summed E-state index contributed by atoms with van der Waals surface area (Å²) in [6.07, 6.45) is 2.53. The van der Waals surface area contributed by atoms with Gasteiger partial charge < -0.3 is 4.98 Å². The monoisotopic (exact) mass is 282 g/mol. The van der Waals surface area contributed by atoms with E-state index in [9.17, 15) is 4.79 Å². The summed E-state index contributed by atoms with van der Waals surface area (Å²) in [4.78, 5) is 17.6. The lowest BCUT2D eigenvalue weighted by Crippen LogP contribution is -2.19. The molecule has 1 fully saturated rings. The summed E-state index contributed by atoms with van der Waals surface area (Å²) in [6.45, 7) is 3.13. The zero-order chi connectivity index (χ0) is 14.4. The van der Waals surface area contributed by atoms with Gasteiger partial charge in [0.2, 0.25) is 0 Å². The number of benzene rings is 1. The molecule has 5 heteroatoms. The Morgan fingerprint density at radius 3 is 2.67 bits per heavy atom. The van der Waals surface area contributed by atoms with Crippen molar-refractivity contribution in [1.82, 2.24) is 19.7 Å². The molecule has 0 atom stereocenters. The van der Waals surface area contributed by atoms with Crippen LogP contribution in [0.25, 0.3) is 21.8 Å². The van der Waals surface area contributed by atoms with Gasteiger partial charge in [0.05, 0.1) is 5.69 Å². The van der Waals surface area contributed by atoms with Crippen LogP contribution in [0.5, 0.6) is 0 Å². The molecule has 0 unspecified atom stereocenters. The normalized spacial score (nSPS) is 16.2. The molecule has 2 aromatic heterocycles. The van der Waals surface area contributed by atoms with Gasteiger partial charge in [-0.3, -0.25) is 14.4 Å². The number of H-pyrrole nitrogens is 1. The number of pyridine rings is 1. The average molecular weight is 282 g/mol. The molecule has 0 radical (unpaired) electrons. The molecular formula is C16H18N4O. The number of fused-ring (bicyclic) bond motifs is 3. The van der Waals surface area contributed by atoms with Crippen LogP contribution in [-0.4, -0.2) is 32.8 Å². The van der Waals surface area contributed by atoms with Gasteiger partial charge in [-0.1, -0.05) is 18.2 Å². The van der Waals surface area contributed by atoms with E-state index >= 15 is 0 Å². The summed E-state index contributed by atoms with van der Waals surface area (Å²) in [5, 5.41) is 7.47. The lowest BCUT2D eigenvalue weighted by molar-refractivity contribution is 0.327. The first-order chi connectivity index (χ1) is 10.2. The molecule has 0 aliphatic carbocycles. The molecular weight excluding hydrogens is 264 g/mol. The summed E-state index contributed by atoms with van der Waals surface area (Å²) in [6, 6.07) is 7.77. The Morgan fingerprint density at radius 2 is 1.90 bits per heavy atom. The van der Waals surface area contributed by atoms with E-state index in [1.807, 2.05) is 31.3 Å². The fraction of sp³-hybridized carbons (Fsp3) is 0.375. The van der Waals surface area contributed by atoms with Gasteiger partial charge in [0.15, 0.2) is 0 Å². The molecule has 3 aromatic rings. The van der Waals surface area contributed by atoms with Crippen molar-refractivity contribution < 1.29 is 0 Å². The maximum absolute atomic E-state index is 12.2. The van der Waals surface area contributed by atoms with Gasteiger partial charge >= 0.3 is 0 Å². The highest BCUT2D eigenvalue weighted by Crippen LogP contribution is 2.25. The highest BCUT2D eigenvalue weighted by atomic mass is 16.1. The third-order valence-corrected chi connectivity index (χ3v) is 4.36. The second-order valence-corrected chi connectivity index (χ2v) is 5.78. The largest absolute Gasteiger partial charge is 0.306 e. The number of hydrogen-bond donors (Lipinski definition) is 1. The highest BCUT2D eigenvalue weighted by molar-refractivity contribution is 6.05. The molecule has 1 aliphatic rings. The number of aryl methyl sites for hydroxylation is 1. The Labute approximate surface area is 122 Å². The van der Waals surface area contributed by atoms with Gasteiger partial charge in [-0.15, -0.1) is 0 Å². The van der Waals surface area contributed by atoms with Crippen molar-refractivity contribution in [3.05, 3.63) is 40.3 Å². The van der Waals surface area contributed by atoms with Crippen molar-refractivity contribution in [3.63, 3.8) is 0 Å². The molecule has 0 saturated carbocycles. The Morgan fingerprint density at radius 1 is 1.19 bits per heavy atom. The lowest BCUT2D eigenvalue weighted by Gasteiger charge is -2.12. The highest BCUT2D eigenvalue weighted by Gasteiger charge is 2.18. The van der Waals surface area contributed by atoms with Crippen molar-refractivity contribution in [2.24, 2.45) is 7.05 Å². The molecule has 108 valence electrons. The molecule has 21 heavy (non-hydrogen) atoms. The number of rotatable bonds is 2. The fourth-order valence-corrected chi connectivity index (χ4v) is 3.34. The molecule has 1 N–H and O–H groups in total. The van der Waals surface area contributed by atoms with E-state index in [0.717, 1.165) is 47.1 Å². The molecule has 5 nitrogen and oxygen atoms in total. The molecule has 0 spiro atoms. The Balaban J connectivity index is 1.98. The van der Waals surface area contributed by atoms with Gasteiger partial charge in [0, 0.05) is 29.8 Å². The summed E-state index contributed by atoms with van der Waals surface area (Å²) >= 11 is 0. The second-order valence-electron chi connectivity index (χ2n) is 5.78. The molecule has 1 saturated heterocycles. The second kappa shape index (κ2) is 4.70. The van der Waals surface area contributed by atoms with E-state index in [4.69, 9.17) is 0 Å². The minimum atomic E-state index is -0.0474. The average Bonchev–Trinajstić information content (AvgIpc) is 3.09. The topological polar surface area (TPSA) is 53.9 Å². The smallest absolute Gasteiger partial charge is 0.257 e. The number of nitrogens with zero attached hydrogens (tertiary/aromatic N) is 3. The number of aromatic amines is 1. The van der Waals surface area contributed by atoms with Crippen molar-refractivity contribution >= 4 is 21.8 Å². The van der Waals surface area contributed by atoms with E-state index in [2.05, 4.69) is 15.0 Å². The first-order valence-electron chi connectivity index (χ1n) is 7.43. The van der Waals surface area contributed by atoms with E-state index < -0.39 is 0 Å². The van der Waals surface area contributed by atoms with Gasteiger partial charge in [-0.05, 0) is 32.0 Å². The fourth-order valence-electron chi connectivity index (χ4n) is 3.34. The molecule has 4 rings (SSSR count). The number of aromatic nitrogens is 3. The van der Waals surface area contributed by atoms with Crippen LogP contribution in [-0.2, 0) is 13.6 Å². The van der Waals surface area contributed by atoms with Crippen LogP contribution in [0.1, 0.15) is 18.5 Å². The SMILES string of the molecule is Cn1nc(CN2CCCC2)c2c3ccccc3c(=O)[nH]c21. The van der Waals surface area contributed by atoms with Crippen LogP contribution < -0.4 is 5.56 Å². The molecule has 0 bridgehead atoms. The van der Waals surface area contributed by atoms with Gasteiger partial charge in [-0.2, -0.15) is 5.10 Å². The van der Waals surface area contributed by atoms with Crippen LogP contribution in [0, 0.1) is 0 Å². The minimum absolute atomic E-state index is 0.0474. The Bertz CT molecular complexity index is 871.